The van der Waals surface area contributed by atoms with E-state index in [2.05, 4.69) is 6.92 Å². The molecular weight excluding hydrogens is 168 g/mol. The van der Waals surface area contributed by atoms with Gasteiger partial charge in [0.1, 0.15) is 0 Å². The summed E-state index contributed by atoms with van der Waals surface area (Å²) < 4.78 is 5.37. The third-order valence-corrected chi connectivity index (χ3v) is 3.63. The van der Waals surface area contributed by atoms with Crippen LogP contribution in [0, 0.1) is 5.92 Å². The van der Waals surface area contributed by atoms with Gasteiger partial charge in [-0.05, 0) is 39.0 Å². The maximum atomic E-state index is 9.90. The highest BCUT2D eigenvalue weighted by Gasteiger charge is 2.52. The molecule has 13 heavy (non-hydrogen) atoms. The number of rotatable bonds is 1. The molecule has 2 aliphatic rings. The number of epoxide rings is 1. The van der Waals surface area contributed by atoms with Gasteiger partial charge < -0.3 is 14.9 Å². The molecule has 0 aromatic rings. The van der Waals surface area contributed by atoms with Crippen LogP contribution in [0.25, 0.3) is 0 Å². The Labute approximate surface area is 78.7 Å². The van der Waals surface area contributed by atoms with E-state index in [0.717, 1.165) is 13.0 Å². The van der Waals surface area contributed by atoms with E-state index in [4.69, 9.17) is 4.74 Å². The van der Waals surface area contributed by atoms with E-state index in [1.165, 1.54) is 0 Å². The summed E-state index contributed by atoms with van der Waals surface area (Å²) in [6, 6.07) is 0. The highest BCUT2D eigenvalue weighted by atomic mass is 16.6. The summed E-state index contributed by atoms with van der Waals surface area (Å²) in [5, 5.41) is 19.4. The summed E-state index contributed by atoms with van der Waals surface area (Å²) in [6.07, 6.45) is 1.75. The molecule has 1 saturated heterocycles. The van der Waals surface area contributed by atoms with E-state index in [-0.39, 0.29) is 5.60 Å². The maximum absolute atomic E-state index is 9.90. The zero-order chi connectivity index (χ0) is 9.69. The molecule has 0 amide bonds. The summed E-state index contributed by atoms with van der Waals surface area (Å²) in [5.41, 5.74) is -0.929. The number of hydrogen-bond donors (Lipinski definition) is 2. The van der Waals surface area contributed by atoms with Gasteiger partial charge in [0, 0.05) is 0 Å². The van der Waals surface area contributed by atoms with Gasteiger partial charge in [-0.3, -0.25) is 0 Å². The summed E-state index contributed by atoms with van der Waals surface area (Å²) in [7, 11) is 0. The highest BCUT2D eigenvalue weighted by Crippen LogP contribution is 2.45. The molecule has 0 bridgehead atoms. The Kier molecular flexibility index (Phi) is 1.95. The molecule has 2 rings (SSSR count). The Bertz CT molecular complexity index is 208. The second kappa shape index (κ2) is 2.69. The predicted octanol–water partition coefficient (Wildman–Crippen LogP) is 0.687. The van der Waals surface area contributed by atoms with Crippen molar-refractivity contribution in [3.63, 3.8) is 0 Å². The van der Waals surface area contributed by atoms with Crippen molar-refractivity contribution in [2.45, 2.75) is 50.4 Å². The molecule has 1 aliphatic carbocycles. The molecule has 4 atom stereocenters. The van der Waals surface area contributed by atoms with Gasteiger partial charge in [0.25, 0.3) is 0 Å². The largest absolute Gasteiger partial charge is 0.390 e. The first-order valence-corrected chi connectivity index (χ1v) is 4.98. The van der Waals surface area contributed by atoms with Crippen LogP contribution in [0.15, 0.2) is 0 Å². The zero-order valence-corrected chi connectivity index (χ0v) is 8.29. The maximum Gasteiger partial charge on any atom is 0.0917 e. The third kappa shape index (κ3) is 1.60. The van der Waals surface area contributed by atoms with Crippen LogP contribution >= 0.6 is 0 Å². The molecule has 1 aliphatic heterocycles. The quantitative estimate of drug-likeness (QED) is 0.592. The van der Waals surface area contributed by atoms with Crippen molar-refractivity contribution in [2.24, 2.45) is 5.92 Å². The zero-order valence-electron chi connectivity index (χ0n) is 8.29. The lowest BCUT2D eigenvalue weighted by Gasteiger charge is -2.39. The minimum absolute atomic E-state index is 0.00979. The van der Waals surface area contributed by atoms with Crippen molar-refractivity contribution in [2.75, 3.05) is 6.61 Å². The summed E-state index contributed by atoms with van der Waals surface area (Å²) >= 11 is 0. The van der Waals surface area contributed by atoms with Crippen molar-refractivity contribution in [3.8, 4) is 0 Å². The molecule has 2 fully saturated rings. The van der Waals surface area contributed by atoms with Crippen LogP contribution in [0.2, 0.25) is 0 Å². The van der Waals surface area contributed by atoms with Gasteiger partial charge >= 0.3 is 0 Å². The lowest BCUT2D eigenvalue weighted by atomic mass is 9.72. The SMILES string of the molecule is CC1(O)CC(C2(C)CO2)CCC1O. The predicted molar refractivity (Wildman–Crippen MR) is 48.3 cm³/mol. The molecule has 2 N–H and O–H groups in total. The van der Waals surface area contributed by atoms with Crippen molar-refractivity contribution >= 4 is 0 Å². The van der Waals surface area contributed by atoms with Gasteiger partial charge in [0.05, 0.1) is 23.9 Å². The minimum atomic E-state index is -0.919. The summed E-state index contributed by atoms with van der Waals surface area (Å²) in [4.78, 5) is 0. The van der Waals surface area contributed by atoms with Gasteiger partial charge in [-0.25, -0.2) is 0 Å². The van der Waals surface area contributed by atoms with Crippen molar-refractivity contribution in [3.05, 3.63) is 0 Å². The normalized spacial score (nSPS) is 56.3. The molecule has 1 saturated carbocycles. The van der Waals surface area contributed by atoms with Gasteiger partial charge in [-0.2, -0.15) is 0 Å². The van der Waals surface area contributed by atoms with Gasteiger partial charge in [0.2, 0.25) is 0 Å². The Hall–Kier alpha value is -0.120. The van der Waals surface area contributed by atoms with E-state index in [0.29, 0.717) is 18.8 Å². The molecule has 3 heteroatoms. The van der Waals surface area contributed by atoms with Crippen LogP contribution in [-0.4, -0.2) is 34.1 Å². The number of ether oxygens (including phenoxy) is 1. The number of hydrogen-bond acceptors (Lipinski definition) is 3. The molecule has 4 unspecified atom stereocenters. The summed E-state index contributed by atoms with van der Waals surface area (Å²) in [6.45, 7) is 4.62. The fraction of sp³-hybridized carbons (Fsp3) is 1.00. The van der Waals surface area contributed by atoms with Gasteiger partial charge in [0.15, 0.2) is 0 Å². The molecule has 76 valence electrons. The molecule has 0 radical (unpaired) electrons. The fourth-order valence-electron chi connectivity index (χ4n) is 2.28. The molecule has 3 nitrogen and oxygen atoms in total. The first-order chi connectivity index (χ1) is 5.94. The smallest absolute Gasteiger partial charge is 0.0917 e. The average molecular weight is 186 g/mol. The number of aliphatic hydroxyl groups is 2. The Balaban J connectivity index is 2.03. The Morgan fingerprint density at radius 1 is 1.31 bits per heavy atom. The van der Waals surface area contributed by atoms with E-state index in [9.17, 15) is 10.2 Å². The first kappa shape index (κ1) is 9.44. The third-order valence-electron chi connectivity index (χ3n) is 3.63. The minimum Gasteiger partial charge on any atom is -0.390 e. The monoisotopic (exact) mass is 186 g/mol. The molecule has 1 heterocycles. The van der Waals surface area contributed by atoms with Crippen LogP contribution in [0.4, 0.5) is 0 Å². The lowest BCUT2D eigenvalue weighted by Crippen LogP contribution is -2.47. The van der Waals surface area contributed by atoms with E-state index in [1.54, 1.807) is 6.92 Å². The molecule has 0 aromatic carbocycles. The van der Waals surface area contributed by atoms with Gasteiger partial charge in [-0.1, -0.05) is 0 Å². The lowest BCUT2D eigenvalue weighted by molar-refractivity contribution is -0.109. The van der Waals surface area contributed by atoms with Crippen LogP contribution in [0.3, 0.4) is 0 Å². The molecule has 0 spiro atoms. The average Bonchev–Trinajstić information content (AvgIpc) is 2.75. The van der Waals surface area contributed by atoms with Crippen LogP contribution in [0.1, 0.15) is 33.1 Å². The van der Waals surface area contributed by atoms with E-state index >= 15 is 0 Å². The van der Waals surface area contributed by atoms with E-state index < -0.39 is 11.7 Å². The van der Waals surface area contributed by atoms with Crippen LogP contribution < -0.4 is 0 Å². The molecule has 0 aromatic heterocycles. The topological polar surface area (TPSA) is 53.0 Å². The Morgan fingerprint density at radius 2 is 1.92 bits per heavy atom. The van der Waals surface area contributed by atoms with E-state index in [1.807, 2.05) is 0 Å². The van der Waals surface area contributed by atoms with Crippen molar-refractivity contribution in [1.29, 1.82) is 0 Å². The van der Waals surface area contributed by atoms with Crippen LogP contribution in [-0.2, 0) is 4.74 Å². The van der Waals surface area contributed by atoms with Crippen molar-refractivity contribution < 1.29 is 14.9 Å². The summed E-state index contributed by atoms with van der Waals surface area (Å²) in [5.74, 6) is 0.408. The standard InChI is InChI=1S/C10H18O3/c1-9(12)5-7(3-4-8(9)11)10(2)6-13-10/h7-8,11-12H,3-6H2,1-2H3. The van der Waals surface area contributed by atoms with Gasteiger partial charge in [-0.15, -0.1) is 0 Å². The first-order valence-electron chi connectivity index (χ1n) is 4.98. The fourth-order valence-corrected chi connectivity index (χ4v) is 2.28. The second-order valence-electron chi connectivity index (χ2n) is 4.95. The Morgan fingerprint density at radius 3 is 2.38 bits per heavy atom. The molecular formula is C10H18O3. The number of aliphatic hydroxyl groups excluding tert-OH is 1. The second-order valence-corrected chi connectivity index (χ2v) is 4.95. The highest BCUT2D eigenvalue weighted by molar-refractivity contribution is 5.01. The van der Waals surface area contributed by atoms with Crippen LogP contribution in [0.5, 0.6) is 0 Å². The van der Waals surface area contributed by atoms with Crippen molar-refractivity contribution in [1.82, 2.24) is 0 Å².